The van der Waals surface area contributed by atoms with Crippen molar-refractivity contribution in [2.24, 2.45) is 0 Å². The average molecular weight is 344 g/mol. The molecule has 1 atom stereocenters. The Morgan fingerprint density at radius 3 is 2.88 bits per heavy atom. The van der Waals surface area contributed by atoms with Gasteiger partial charge in [-0.15, -0.1) is 0 Å². The maximum Gasteiger partial charge on any atom is 0.337 e. The van der Waals surface area contributed by atoms with Crippen molar-refractivity contribution in [2.75, 3.05) is 11.3 Å². The summed E-state index contributed by atoms with van der Waals surface area (Å²) in [7, 11) is -1.48. The lowest BCUT2D eigenvalue weighted by Crippen LogP contribution is -2.19. The number of esters is 1. The van der Waals surface area contributed by atoms with Gasteiger partial charge in [0, 0.05) is 24.7 Å². The number of hydrogen-bond donors (Lipinski definition) is 2. The van der Waals surface area contributed by atoms with E-state index in [9.17, 15) is 14.1 Å². The van der Waals surface area contributed by atoms with E-state index in [2.05, 4.69) is 9.71 Å². The predicted molar refractivity (Wildman–Crippen MR) is 89.6 cm³/mol. The largest absolute Gasteiger partial charge is 0.512 e. The molecule has 1 aromatic carbocycles. The predicted octanol–water partition coefficient (Wildman–Crippen LogP) is 2.52. The zero-order valence-electron chi connectivity index (χ0n) is 12.8. The van der Waals surface area contributed by atoms with Gasteiger partial charge in [-0.1, -0.05) is 18.2 Å². The molecule has 1 unspecified atom stereocenters. The Hall–Kier alpha value is -2.67. The normalized spacial score (nSPS) is 15.8. The Morgan fingerprint density at radius 1 is 1.25 bits per heavy atom. The van der Waals surface area contributed by atoms with Gasteiger partial charge < -0.3 is 9.84 Å². The number of aromatic nitrogens is 1. The second kappa shape index (κ2) is 7.27. The topological polar surface area (TPSA) is 88.5 Å². The number of pyridine rings is 1. The molecule has 0 spiro atoms. The second-order valence-electron chi connectivity index (χ2n) is 5.23. The molecule has 1 aromatic heterocycles. The molecule has 24 heavy (non-hydrogen) atoms. The first-order chi connectivity index (χ1) is 11.6. The summed E-state index contributed by atoms with van der Waals surface area (Å²) in [6, 6.07) is 12.4. The minimum Gasteiger partial charge on any atom is -0.512 e. The van der Waals surface area contributed by atoms with Crippen molar-refractivity contribution in [1.29, 1.82) is 0 Å². The molecule has 3 rings (SSSR count). The number of anilines is 1. The number of nitrogens with one attached hydrogen (secondary N) is 1. The van der Waals surface area contributed by atoms with Crippen molar-refractivity contribution in [3.63, 3.8) is 0 Å². The highest BCUT2D eigenvalue weighted by molar-refractivity contribution is 7.86. The van der Waals surface area contributed by atoms with E-state index in [4.69, 9.17) is 4.74 Å². The van der Waals surface area contributed by atoms with Crippen molar-refractivity contribution in [1.82, 2.24) is 4.98 Å². The first kappa shape index (κ1) is 16.2. The van der Waals surface area contributed by atoms with Gasteiger partial charge in [-0.05, 0) is 29.8 Å². The minimum absolute atomic E-state index is 0.0710. The molecular formula is C17H16N2O4S. The van der Waals surface area contributed by atoms with Gasteiger partial charge >= 0.3 is 5.97 Å². The number of hydrogen-bond acceptors (Lipinski definition) is 5. The van der Waals surface area contributed by atoms with Crippen LogP contribution in [0.1, 0.15) is 12.0 Å². The Bertz CT molecular complexity index is 805. The SMILES string of the molecule is O=C1OCCC(O)=C1Cc1cccc(NS(=O)c2ccccn2)c1. The fourth-order valence-electron chi connectivity index (χ4n) is 2.34. The third kappa shape index (κ3) is 3.80. The molecule has 7 heteroatoms. The molecule has 0 saturated heterocycles. The van der Waals surface area contributed by atoms with Gasteiger partial charge in [0.2, 0.25) is 0 Å². The van der Waals surface area contributed by atoms with Crippen molar-refractivity contribution in [2.45, 2.75) is 17.9 Å². The van der Waals surface area contributed by atoms with Crippen molar-refractivity contribution in [3.8, 4) is 0 Å². The van der Waals surface area contributed by atoms with E-state index in [-0.39, 0.29) is 24.4 Å². The summed E-state index contributed by atoms with van der Waals surface area (Å²) in [5, 5.41) is 10.3. The van der Waals surface area contributed by atoms with Gasteiger partial charge in [0.05, 0.1) is 12.2 Å². The van der Waals surface area contributed by atoms with Crippen LogP contribution >= 0.6 is 0 Å². The van der Waals surface area contributed by atoms with Crippen molar-refractivity contribution < 1.29 is 18.8 Å². The van der Waals surface area contributed by atoms with E-state index in [1.807, 2.05) is 6.07 Å². The standard InChI is InChI=1S/C17H16N2O4S/c20-15-7-9-23-17(21)14(15)11-12-4-3-5-13(10-12)19-24(22)16-6-1-2-8-18-16/h1-6,8,10,19-20H,7,9,11H2. The lowest BCUT2D eigenvalue weighted by molar-refractivity contribution is -0.140. The zero-order valence-corrected chi connectivity index (χ0v) is 13.6. The van der Waals surface area contributed by atoms with Crippen LogP contribution in [0.2, 0.25) is 0 Å². The van der Waals surface area contributed by atoms with E-state index >= 15 is 0 Å². The lowest BCUT2D eigenvalue weighted by Gasteiger charge is -2.16. The number of aliphatic hydroxyl groups is 1. The summed E-state index contributed by atoms with van der Waals surface area (Å²) in [6.45, 7) is 0.207. The molecule has 2 aromatic rings. The van der Waals surface area contributed by atoms with Crippen molar-refractivity contribution >= 4 is 22.6 Å². The van der Waals surface area contributed by atoms with E-state index in [1.165, 1.54) is 0 Å². The molecule has 0 amide bonds. The number of carbonyl (C=O) groups excluding carboxylic acids is 1. The van der Waals surface area contributed by atoms with E-state index < -0.39 is 17.0 Å². The maximum absolute atomic E-state index is 12.2. The molecule has 1 aliphatic rings. The third-order valence-electron chi connectivity index (χ3n) is 3.51. The molecule has 1 aliphatic heterocycles. The Balaban J connectivity index is 1.75. The summed E-state index contributed by atoms with van der Waals surface area (Å²) in [5.74, 6) is -0.421. The third-order valence-corrected chi connectivity index (χ3v) is 4.56. The van der Waals surface area contributed by atoms with E-state index in [0.717, 1.165) is 5.56 Å². The molecule has 6 nitrogen and oxygen atoms in total. The first-order valence-electron chi connectivity index (χ1n) is 7.40. The summed E-state index contributed by atoms with van der Waals surface area (Å²) >= 11 is 0. The lowest BCUT2D eigenvalue weighted by atomic mass is 10.0. The van der Waals surface area contributed by atoms with Crippen LogP contribution in [-0.4, -0.2) is 26.9 Å². The second-order valence-corrected chi connectivity index (χ2v) is 6.39. The maximum atomic E-state index is 12.2. The number of rotatable bonds is 5. The number of aliphatic hydroxyl groups excluding tert-OH is 1. The van der Waals surface area contributed by atoms with Crippen LogP contribution in [0.3, 0.4) is 0 Å². The molecule has 0 aliphatic carbocycles. The van der Waals surface area contributed by atoms with Crippen LogP contribution in [-0.2, 0) is 26.9 Å². The number of ether oxygens (including phenoxy) is 1. The number of benzene rings is 1. The van der Waals surface area contributed by atoms with Crippen LogP contribution in [0.15, 0.2) is 65.0 Å². The molecule has 2 N–H and O–H groups in total. The van der Waals surface area contributed by atoms with Crippen LogP contribution in [0, 0.1) is 0 Å². The van der Waals surface area contributed by atoms with Gasteiger partial charge in [-0.2, -0.15) is 0 Å². The Morgan fingerprint density at radius 2 is 2.12 bits per heavy atom. The van der Waals surface area contributed by atoms with Crippen LogP contribution in [0.25, 0.3) is 0 Å². The smallest absolute Gasteiger partial charge is 0.337 e. The van der Waals surface area contributed by atoms with Gasteiger partial charge in [0.1, 0.15) is 10.8 Å². The van der Waals surface area contributed by atoms with E-state index in [0.29, 0.717) is 17.1 Å². The fraction of sp³-hybridized carbons (Fsp3) is 0.176. The highest BCUT2D eigenvalue weighted by Gasteiger charge is 2.22. The van der Waals surface area contributed by atoms with Gasteiger partial charge in [0.25, 0.3) is 0 Å². The van der Waals surface area contributed by atoms with Crippen LogP contribution < -0.4 is 4.72 Å². The minimum atomic E-state index is -1.48. The summed E-state index contributed by atoms with van der Waals surface area (Å²) in [4.78, 5) is 15.8. The van der Waals surface area contributed by atoms with Gasteiger partial charge in [-0.25, -0.2) is 14.0 Å². The molecule has 0 bridgehead atoms. The van der Waals surface area contributed by atoms with E-state index in [1.54, 1.807) is 42.6 Å². The Labute approximate surface area is 141 Å². The molecule has 0 fully saturated rings. The fourth-order valence-corrected chi connectivity index (χ4v) is 3.14. The summed E-state index contributed by atoms with van der Waals surface area (Å²) < 4.78 is 20.1. The summed E-state index contributed by atoms with van der Waals surface area (Å²) in [5.41, 5.74) is 1.71. The number of carbonyl (C=O) groups is 1. The molecule has 124 valence electrons. The first-order valence-corrected chi connectivity index (χ1v) is 8.55. The van der Waals surface area contributed by atoms with Gasteiger partial charge in [-0.3, -0.25) is 4.72 Å². The highest BCUT2D eigenvalue weighted by Crippen LogP contribution is 2.21. The Kier molecular flexibility index (Phi) is 4.90. The molecule has 0 saturated carbocycles. The average Bonchev–Trinajstić information content (AvgIpc) is 2.59. The monoisotopic (exact) mass is 344 g/mol. The molecule has 2 heterocycles. The van der Waals surface area contributed by atoms with Gasteiger partial charge in [0.15, 0.2) is 11.0 Å². The molecule has 0 radical (unpaired) electrons. The van der Waals surface area contributed by atoms with Crippen LogP contribution in [0.5, 0.6) is 0 Å². The number of cyclic esters (lactones) is 1. The number of nitrogens with zero attached hydrogens (tertiary/aromatic N) is 1. The molecular weight excluding hydrogens is 328 g/mol. The van der Waals surface area contributed by atoms with Crippen LogP contribution in [0.4, 0.5) is 5.69 Å². The highest BCUT2D eigenvalue weighted by atomic mass is 32.2. The zero-order chi connectivity index (χ0) is 16.9. The quantitative estimate of drug-likeness (QED) is 0.814. The summed E-state index contributed by atoms with van der Waals surface area (Å²) in [6.07, 6.45) is 2.17. The van der Waals surface area contributed by atoms with Crippen molar-refractivity contribution in [3.05, 3.63) is 65.6 Å².